The quantitative estimate of drug-likeness (QED) is 0.201. The van der Waals surface area contributed by atoms with Gasteiger partial charge < -0.3 is 5.11 Å². The van der Waals surface area contributed by atoms with Crippen molar-refractivity contribution in [1.29, 1.82) is 0 Å². The summed E-state index contributed by atoms with van der Waals surface area (Å²) in [6.45, 7) is 2.27. The normalized spacial score (nSPS) is 13.3. The number of allylic oxidation sites excluding steroid dienone is 11. The Hall–Kier alpha value is -1.76. The molecular formula is C22H34O. The molecule has 0 saturated heterocycles. The van der Waals surface area contributed by atoms with E-state index in [0.29, 0.717) is 0 Å². The van der Waals surface area contributed by atoms with E-state index in [4.69, 9.17) is 5.11 Å². The number of hydrogen-bond donors (Lipinski definition) is 1. The average molecular weight is 315 g/mol. The summed E-state index contributed by atoms with van der Waals surface area (Å²) in [6.07, 6.45) is 34.8. The van der Waals surface area contributed by atoms with E-state index in [1.54, 1.807) is 12.2 Å². The van der Waals surface area contributed by atoms with E-state index in [1.165, 1.54) is 57.8 Å². The Kier molecular flexibility index (Phi) is 18.7. The first-order valence-electron chi connectivity index (χ1n) is 9.04. The number of unbranched alkanes of at least 4 members (excludes halogenated alkanes) is 8. The van der Waals surface area contributed by atoms with Crippen LogP contribution in [0.25, 0.3) is 0 Å². The van der Waals surface area contributed by atoms with Crippen molar-refractivity contribution in [3.63, 3.8) is 0 Å². The minimum Gasteiger partial charge on any atom is -0.516 e. The van der Waals surface area contributed by atoms with Crippen LogP contribution in [0.4, 0.5) is 0 Å². The maximum Gasteiger partial charge on any atom is 0.0791 e. The monoisotopic (exact) mass is 314 g/mol. The van der Waals surface area contributed by atoms with E-state index in [0.717, 1.165) is 6.26 Å². The molecule has 0 unspecified atom stereocenters. The third kappa shape index (κ3) is 20.2. The molecule has 0 rings (SSSR count). The van der Waals surface area contributed by atoms with Crippen molar-refractivity contribution in [1.82, 2.24) is 0 Å². The predicted molar refractivity (Wildman–Crippen MR) is 105 cm³/mol. The molecule has 0 saturated carbocycles. The van der Waals surface area contributed by atoms with E-state index >= 15 is 0 Å². The molecule has 1 N–H and O–H groups in total. The lowest BCUT2D eigenvalue weighted by atomic mass is 10.1. The van der Waals surface area contributed by atoms with Gasteiger partial charge in [-0.25, -0.2) is 0 Å². The maximum atomic E-state index is 8.42. The standard InChI is InChI=1S/C22H34O/c1-2-3-4-5-6-7-8-9-10-11-12-13-14-15-16-17-18-19-20-21-22-23/h11-23H,2-10H2,1H3/b12-11+,14-13+,16-15+,18-17+,20-19+,22-21+. The summed E-state index contributed by atoms with van der Waals surface area (Å²) in [4.78, 5) is 0. The summed E-state index contributed by atoms with van der Waals surface area (Å²) < 4.78 is 0. The molecule has 23 heavy (non-hydrogen) atoms. The second-order valence-electron chi connectivity index (χ2n) is 5.57. The summed E-state index contributed by atoms with van der Waals surface area (Å²) in [5.74, 6) is 0. The molecule has 128 valence electrons. The minimum absolute atomic E-state index is 1.02. The maximum absolute atomic E-state index is 8.42. The Balaban J connectivity index is 3.45. The summed E-state index contributed by atoms with van der Waals surface area (Å²) in [7, 11) is 0. The van der Waals surface area contributed by atoms with Crippen molar-refractivity contribution in [3.05, 3.63) is 73.1 Å². The van der Waals surface area contributed by atoms with Crippen LogP contribution in [0, 0.1) is 0 Å². The first-order chi connectivity index (χ1) is 11.4. The average Bonchev–Trinajstić information content (AvgIpc) is 2.57. The Morgan fingerprint density at radius 3 is 1.48 bits per heavy atom. The predicted octanol–water partition coefficient (Wildman–Crippen LogP) is 7.37. The lowest BCUT2D eigenvalue weighted by Crippen LogP contribution is -1.79. The van der Waals surface area contributed by atoms with Crippen LogP contribution in [-0.2, 0) is 0 Å². The molecule has 0 aromatic rings. The molecule has 0 heterocycles. The zero-order valence-electron chi connectivity index (χ0n) is 14.7. The Morgan fingerprint density at radius 1 is 0.522 bits per heavy atom. The van der Waals surface area contributed by atoms with Crippen molar-refractivity contribution >= 4 is 0 Å². The lowest BCUT2D eigenvalue weighted by molar-refractivity contribution is 0.474. The van der Waals surface area contributed by atoms with Crippen molar-refractivity contribution in [2.45, 2.75) is 64.7 Å². The minimum atomic E-state index is 1.02. The summed E-state index contributed by atoms with van der Waals surface area (Å²) in [5, 5.41) is 8.42. The van der Waals surface area contributed by atoms with Crippen molar-refractivity contribution in [2.75, 3.05) is 0 Å². The molecule has 0 amide bonds. The second-order valence-corrected chi connectivity index (χ2v) is 5.57. The lowest BCUT2D eigenvalue weighted by Gasteiger charge is -1.99. The molecule has 0 aromatic carbocycles. The summed E-state index contributed by atoms with van der Waals surface area (Å²) >= 11 is 0. The first-order valence-corrected chi connectivity index (χ1v) is 9.04. The third-order valence-corrected chi connectivity index (χ3v) is 3.45. The fourth-order valence-electron chi connectivity index (χ4n) is 2.13. The van der Waals surface area contributed by atoms with Gasteiger partial charge in [0.15, 0.2) is 0 Å². The Morgan fingerprint density at radius 2 is 0.957 bits per heavy atom. The van der Waals surface area contributed by atoms with Gasteiger partial charge in [-0.1, -0.05) is 113 Å². The van der Waals surface area contributed by atoms with Crippen LogP contribution in [-0.4, -0.2) is 5.11 Å². The highest BCUT2D eigenvalue weighted by atomic mass is 16.2. The van der Waals surface area contributed by atoms with E-state index in [1.807, 2.05) is 36.5 Å². The van der Waals surface area contributed by atoms with Gasteiger partial charge in [0.1, 0.15) is 0 Å². The fourth-order valence-corrected chi connectivity index (χ4v) is 2.13. The van der Waals surface area contributed by atoms with E-state index < -0.39 is 0 Å². The molecule has 0 spiro atoms. The smallest absolute Gasteiger partial charge is 0.0791 e. The van der Waals surface area contributed by atoms with E-state index in [2.05, 4.69) is 25.2 Å². The molecule has 0 aliphatic heterocycles. The largest absolute Gasteiger partial charge is 0.516 e. The van der Waals surface area contributed by atoms with Gasteiger partial charge in [0.25, 0.3) is 0 Å². The molecule has 0 radical (unpaired) electrons. The van der Waals surface area contributed by atoms with E-state index in [9.17, 15) is 0 Å². The van der Waals surface area contributed by atoms with Crippen LogP contribution in [0.15, 0.2) is 73.1 Å². The number of rotatable bonds is 14. The molecule has 1 heteroatoms. The molecule has 1 nitrogen and oxygen atoms in total. The SMILES string of the molecule is CCCCCCCCCC/C=C/C=C/C=C/C=C/C=C/C=C/O. The van der Waals surface area contributed by atoms with Crippen molar-refractivity contribution < 1.29 is 5.11 Å². The van der Waals surface area contributed by atoms with Gasteiger partial charge in [-0.3, -0.25) is 0 Å². The highest BCUT2D eigenvalue weighted by Crippen LogP contribution is 2.09. The molecule has 0 aromatic heterocycles. The van der Waals surface area contributed by atoms with Crippen molar-refractivity contribution in [2.24, 2.45) is 0 Å². The summed E-state index contributed by atoms with van der Waals surface area (Å²) in [5.41, 5.74) is 0. The van der Waals surface area contributed by atoms with E-state index in [-0.39, 0.29) is 0 Å². The molecule has 0 aliphatic rings. The fraction of sp³-hybridized carbons (Fsp3) is 0.455. The molecular weight excluding hydrogens is 280 g/mol. The Labute approximate surface area is 143 Å². The van der Waals surface area contributed by atoms with Crippen molar-refractivity contribution in [3.8, 4) is 0 Å². The van der Waals surface area contributed by atoms with Gasteiger partial charge in [-0.15, -0.1) is 0 Å². The number of aliphatic hydroxyl groups is 1. The zero-order chi connectivity index (χ0) is 16.8. The highest BCUT2D eigenvalue weighted by Gasteiger charge is 1.89. The van der Waals surface area contributed by atoms with Gasteiger partial charge in [-0.05, 0) is 18.9 Å². The Bertz CT molecular complexity index is 394. The van der Waals surface area contributed by atoms with Crippen LogP contribution in [0.3, 0.4) is 0 Å². The van der Waals surface area contributed by atoms with Gasteiger partial charge in [0.2, 0.25) is 0 Å². The van der Waals surface area contributed by atoms with Crippen LogP contribution < -0.4 is 0 Å². The second kappa shape index (κ2) is 20.2. The molecule has 0 fully saturated rings. The van der Waals surface area contributed by atoms with Crippen LogP contribution in [0.1, 0.15) is 64.7 Å². The molecule has 0 atom stereocenters. The summed E-state index contributed by atoms with van der Waals surface area (Å²) in [6, 6.07) is 0. The number of aliphatic hydroxyl groups excluding tert-OH is 1. The van der Waals surface area contributed by atoms with Gasteiger partial charge in [0, 0.05) is 0 Å². The topological polar surface area (TPSA) is 20.2 Å². The highest BCUT2D eigenvalue weighted by molar-refractivity contribution is 5.19. The molecule has 0 bridgehead atoms. The zero-order valence-corrected chi connectivity index (χ0v) is 14.7. The van der Waals surface area contributed by atoms with Gasteiger partial charge in [0.05, 0.1) is 6.26 Å². The van der Waals surface area contributed by atoms with Crippen LogP contribution in [0.2, 0.25) is 0 Å². The van der Waals surface area contributed by atoms with Gasteiger partial charge >= 0.3 is 0 Å². The number of hydrogen-bond acceptors (Lipinski definition) is 1. The van der Waals surface area contributed by atoms with Crippen LogP contribution >= 0.6 is 0 Å². The molecule has 0 aliphatic carbocycles. The first kappa shape index (κ1) is 21.2. The van der Waals surface area contributed by atoms with Crippen LogP contribution in [0.5, 0.6) is 0 Å². The van der Waals surface area contributed by atoms with Gasteiger partial charge in [-0.2, -0.15) is 0 Å². The third-order valence-electron chi connectivity index (χ3n) is 3.45.